The Labute approximate surface area is 169 Å². The summed E-state index contributed by atoms with van der Waals surface area (Å²) in [6, 6.07) is 11.5. The fraction of sp³-hybridized carbons (Fsp3) is 0.364. The summed E-state index contributed by atoms with van der Waals surface area (Å²) in [6.45, 7) is 2.58. The summed E-state index contributed by atoms with van der Waals surface area (Å²) in [4.78, 5) is 27.6. The Hall–Kier alpha value is -2.53. The molecule has 2 unspecified atom stereocenters. The number of ether oxygens (including phenoxy) is 1. The number of nitrogens with one attached hydrogen (secondary N) is 1. The molecule has 2 atom stereocenters. The van der Waals surface area contributed by atoms with E-state index in [0.717, 1.165) is 24.1 Å². The summed E-state index contributed by atoms with van der Waals surface area (Å²) in [6.07, 6.45) is 2.52. The van der Waals surface area contributed by atoms with Crippen molar-refractivity contribution >= 4 is 34.8 Å². The van der Waals surface area contributed by atoms with Crippen LogP contribution in [0.25, 0.3) is 0 Å². The van der Waals surface area contributed by atoms with Gasteiger partial charge in [-0.15, -0.1) is 0 Å². The number of para-hydroxylation sites is 1. The number of carbonyl (C=O) groups is 2. The molecule has 5 nitrogen and oxygen atoms in total. The molecule has 1 heterocycles. The molecule has 0 bridgehead atoms. The van der Waals surface area contributed by atoms with Gasteiger partial charge in [-0.05, 0) is 49.4 Å². The molecule has 0 saturated heterocycles. The van der Waals surface area contributed by atoms with Gasteiger partial charge in [0.1, 0.15) is 5.75 Å². The Morgan fingerprint density at radius 2 is 2.00 bits per heavy atom. The van der Waals surface area contributed by atoms with Gasteiger partial charge in [0, 0.05) is 23.3 Å². The number of hydrogen-bond donors (Lipinski definition) is 1. The van der Waals surface area contributed by atoms with Gasteiger partial charge in [-0.3, -0.25) is 9.59 Å². The van der Waals surface area contributed by atoms with Crippen LogP contribution < -0.4 is 15.0 Å². The number of anilines is 2. The Morgan fingerprint density at radius 3 is 2.79 bits per heavy atom. The minimum Gasteiger partial charge on any atom is -0.495 e. The third-order valence-electron chi connectivity index (χ3n) is 5.56. The van der Waals surface area contributed by atoms with E-state index in [1.807, 2.05) is 30.0 Å². The van der Waals surface area contributed by atoms with Gasteiger partial charge in [0.2, 0.25) is 11.8 Å². The first-order valence-electron chi connectivity index (χ1n) is 9.54. The van der Waals surface area contributed by atoms with E-state index in [-0.39, 0.29) is 23.7 Å². The van der Waals surface area contributed by atoms with Gasteiger partial charge in [0.15, 0.2) is 0 Å². The lowest BCUT2D eigenvalue weighted by molar-refractivity contribution is -0.123. The third-order valence-corrected chi connectivity index (χ3v) is 5.97. The van der Waals surface area contributed by atoms with Crippen LogP contribution in [0.4, 0.5) is 11.4 Å². The summed E-state index contributed by atoms with van der Waals surface area (Å²) in [5.74, 6) is -0.152. The number of benzene rings is 2. The number of aryl methyl sites for hydroxylation is 2. The van der Waals surface area contributed by atoms with Crippen LogP contribution in [-0.4, -0.2) is 25.5 Å². The van der Waals surface area contributed by atoms with Crippen molar-refractivity contribution in [3.05, 3.63) is 52.5 Å². The maximum atomic E-state index is 13.0. The van der Waals surface area contributed by atoms with Gasteiger partial charge in [-0.25, -0.2) is 0 Å². The van der Waals surface area contributed by atoms with Crippen LogP contribution in [-0.2, 0) is 16.0 Å². The number of rotatable bonds is 4. The molecule has 2 aromatic rings. The molecular formula is C22H23ClN2O3. The molecule has 1 aliphatic carbocycles. The van der Waals surface area contributed by atoms with Gasteiger partial charge in [0.25, 0.3) is 0 Å². The number of amides is 2. The van der Waals surface area contributed by atoms with Gasteiger partial charge in [0.05, 0.1) is 24.6 Å². The number of fused-ring (bicyclic) bond motifs is 1. The van der Waals surface area contributed by atoms with Gasteiger partial charge in [-0.2, -0.15) is 0 Å². The minimum absolute atomic E-state index is 0.0477. The summed E-state index contributed by atoms with van der Waals surface area (Å²) < 4.78 is 5.32. The van der Waals surface area contributed by atoms with Crippen molar-refractivity contribution < 1.29 is 14.3 Å². The average Bonchev–Trinajstić information content (AvgIpc) is 3.50. The zero-order valence-electron chi connectivity index (χ0n) is 16.0. The van der Waals surface area contributed by atoms with Crippen LogP contribution in [0.15, 0.2) is 36.4 Å². The van der Waals surface area contributed by atoms with Crippen molar-refractivity contribution in [1.82, 2.24) is 0 Å². The van der Waals surface area contributed by atoms with Crippen LogP contribution in [0.2, 0.25) is 5.02 Å². The number of halogens is 1. The summed E-state index contributed by atoms with van der Waals surface area (Å²) in [7, 11) is 1.54. The highest BCUT2D eigenvalue weighted by molar-refractivity contribution is 6.31. The summed E-state index contributed by atoms with van der Waals surface area (Å²) >= 11 is 6.13. The van der Waals surface area contributed by atoms with E-state index in [1.165, 1.54) is 12.7 Å². The van der Waals surface area contributed by atoms with Crippen LogP contribution in [0.1, 0.15) is 24.0 Å². The van der Waals surface area contributed by atoms with Crippen LogP contribution in [0, 0.1) is 18.8 Å². The monoisotopic (exact) mass is 398 g/mol. The molecule has 1 N–H and O–H groups in total. The molecule has 2 aliphatic rings. The Balaban J connectivity index is 1.46. The molecule has 4 rings (SSSR count). The van der Waals surface area contributed by atoms with E-state index in [4.69, 9.17) is 16.3 Å². The molecule has 6 heteroatoms. The topological polar surface area (TPSA) is 58.6 Å². The number of nitrogens with zero attached hydrogens (tertiary/aromatic N) is 1. The van der Waals surface area contributed by atoms with Gasteiger partial charge >= 0.3 is 0 Å². The first kappa shape index (κ1) is 18.8. The predicted octanol–water partition coefficient (Wildman–Crippen LogP) is 4.21. The van der Waals surface area contributed by atoms with Crippen molar-refractivity contribution in [2.45, 2.75) is 26.2 Å². The average molecular weight is 399 g/mol. The molecule has 1 aliphatic heterocycles. The zero-order chi connectivity index (χ0) is 19.8. The van der Waals surface area contributed by atoms with Crippen LogP contribution in [0.5, 0.6) is 5.75 Å². The standard InChI is InChI=1S/C22H23ClN2O3/c1-13-10-18(20(28-2)12-17(13)23)24-21(26)15-11-16(15)22(27)25-9-5-7-14-6-3-4-8-19(14)25/h3-4,6,8,10,12,15-16H,5,7,9,11H2,1-2H3,(H,24,26). The summed E-state index contributed by atoms with van der Waals surface area (Å²) in [5, 5.41) is 3.49. The van der Waals surface area contributed by atoms with E-state index in [9.17, 15) is 9.59 Å². The van der Waals surface area contributed by atoms with Crippen LogP contribution >= 0.6 is 11.6 Å². The molecule has 146 valence electrons. The molecular weight excluding hydrogens is 376 g/mol. The maximum absolute atomic E-state index is 13.0. The zero-order valence-corrected chi connectivity index (χ0v) is 16.8. The maximum Gasteiger partial charge on any atom is 0.230 e. The van der Waals surface area contributed by atoms with E-state index >= 15 is 0 Å². The normalized spacial score (nSPS) is 20.3. The SMILES string of the molecule is COc1cc(Cl)c(C)cc1NC(=O)C1CC1C(=O)N1CCCc2ccccc21. The molecule has 28 heavy (non-hydrogen) atoms. The Bertz CT molecular complexity index is 943. The van der Waals surface area contributed by atoms with E-state index in [0.29, 0.717) is 29.4 Å². The van der Waals surface area contributed by atoms with E-state index < -0.39 is 0 Å². The smallest absolute Gasteiger partial charge is 0.230 e. The van der Waals surface area contributed by atoms with Crippen molar-refractivity contribution in [1.29, 1.82) is 0 Å². The number of hydrogen-bond acceptors (Lipinski definition) is 3. The predicted molar refractivity (Wildman–Crippen MR) is 110 cm³/mol. The third kappa shape index (κ3) is 3.47. The molecule has 2 aromatic carbocycles. The lowest BCUT2D eigenvalue weighted by atomic mass is 10.0. The second kappa shape index (κ2) is 7.47. The molecule has 0 aromatic heterocycles. The van der Waals surface area contributed by atoms with Crippen molar-refractivity contribution in [2.24, 2.45) is 11.8 Å². The highest BCUT2D eigenvalue weighted by atomic mass is 35.5. The Kier molecular flexibility index (Phi) is 5.02. The van der Waals surface area contributed by atoms with Gasteiger partial charge < -0.3 is 15.0 Å². The highest BCUT2D eigenvalue weighted by Gasteiger charge is 2.50. The second-order valence-corrected chi connectivity index (χ2v) is 7.87. The number of methoxy groups -OCH3 is 1. The number of carbonyl (C=O) groups excluding carboxylic acids is 2. The first-order chi connectivity index (χ1) is 13.5. The van der Waals surface area contributed by atoms with Crippen LogP contribution in [0.3, 0.4) is 0 Å². The highest BCUT2D eigenvalue weighted by Crippen LogP contribution is 2.43. The quantitative estimate of drug-likeness (QED) is 0.839. The molecule has 1 saturated carbocycles. The van der Waals surface area contributed by atoms with Crippen molar-refractivity contribution in [3.63, 3.8) is 0 Å². The molecule has 2 amide bonds. The molecule has 0 spiro atoms. The van der Waals surface area contributed by atoms with E-state index in [1.54, 1.807) is 12.1 Å². The first-order valence-corrected chi connectivity index (χ1v) is 9.91. The van der Waals surface area contributed by atoms with Crippen molar-refractivity contribution in [2.75, 3.05) is 23.9 Å². The van der Waals surface area contributed by atoms with Crippen molar-refractivity contribution in [3.8, 4) is 5.75 Å². The van der Waals surface area contributed by atoms with Gasteiger partial charge in [-0.1, -0.05) is 29.8 Å². The minimum atomic E-state index is -0.303. The lowest BCUT2D eigenvalue weighted by Crippen LogP contribution is -2.37. The summed E-state index contributed by atoms with van der Waals surface area (Å²) in [5.41, 5.74) is 3.62. The molecule has 1 fully saturated rings. The Morgan fingerprint density at radius 1 is 1.21 bits per heavy atom. The van der Waals surface area contributed by atoms with E-state index in [2.05, 4.69) is 11.4 Å². The fourth-order valence-electron chi connectivity index (χ4n) is 3.88. The second-order valence-electron chi connectivity index (χ2n) is 7.46. The lowest BCUT2D eigenvalue weighted by Gasteiger charge is -2.29. The fourth-order valence-corrected chi connectivity index (χ4v) is 4.03. The molecule has 0 radical (unpaired) electrons. The largest absolute Gasteiger partial charge is 0.495 e.